The second-order valence-corrected chi connectivity index (χ2v) is 4.22. The summed E-state index contributed by atoms with van der Waals surface area (Å²) in [5, 5.41) is 4.31. The highest BCUT2D eigenvalue weighted by molar-refractivity contribution is 5.94. The minimum Gasteiger partial charge on any atom is -0.294 e. The molecule has 3 nitrogen and oxygen atoms in total. The minimum atomic E-state index is 0.0609. The molecular weight excluding hydrogens is 224 g/mol. The maximum Gasteiger partial charge on any atom is 0.163 e. The Balaban J connectivity index is 2.05. The molecule has 0 amide bonds. The Kier molecular flexibility index (Phi) is 3.72. The van der Waals surface area contributed by atoms with Crippen LogP contribution in [0.5, 0.6) is 0 Å². The third-order valence-corrected chi connectivity index (χ3v) is 2.73. The summed E-state index contributed by atoms with van der Waals surface area (Å²) in [5.41, 5.74) is 2.65. The summed E-state index contributed by atoms with van der Waals surface area (Å²) in [5.74, 6) is 0.0609. The number of Topliss-reactive ketones (excluding diaryl/α,β-unsaturated/α-hetero) is 1. The first kappa shape index (κ1) is 12.3. The van der Waals surface area contributed by atoms with Crippen molar-refractivity contribution in [3.8, 4) is 0 Å². The van der Waals surface area contributed by atoms with E-state index in [1.54, 1.807) is 17.8 Å². The number of aryl methyl sites for hydroxylation is 1. The number of hydrogen-bond acceptors (Lipinski definition) is 2. The minimum absolute atomic E-state index is 0.0609. The SMILES string of the molecule is CC(=O)c1cn(C/C=C/c2ccccc2)nc1C. The average molecular weight is 240 g/mol. The molecule has 0 saturated carbocycles. The van der Waals surface area contributed by atoms with Gasteiger partial charge in [-0.1, -0.05) is 42.5 Å². The van der Waals surface area contributed by atoms with Crippen LogP contribution >= 0.6 is 0 Å². The van der Waals surface area contributed by atoms with Crippen molar-refractivity contribution in [1.29, 1.82) is 0 Å². The highest BCUT2D eigenvalue weighted by Gasteiger charge is 2.07. The van der Waals surface area contributed by atoms with E-state index in [0.29, 0.717) is 12.1 Å². The van der Waals surface area contributed by atoms with Crippen LogP contribution in [-0.2, 0) is 6.54 Å². The first-order valence-electron chi connectivity index (χ1n) is 5.93. The fourth-order valence-electron chi connectivity index (χ4n) is 1.82. The van der Waals surface area contributed by atoms with E-state index in [2.05, 4.69) is 5.10 Å². The van der Waals surface area contributed by atoms with Crippen molar-refractivity contribution in [3.05, 3.63) is 59.4 Å². The smallest absolute Gasteiger partial charge is 0.163 e. The van der Waals surface area contributed by atoms with Crippen LogP contribution in [0.4, 0.5) is 0 Å². The summed E-state index contributed by atoms with van der Waals surface area (Å²) < 4.78 is 1.78. The Morgan fingerprint density at radius 3 is 2.67 bits per heavy atom. The summed E-state index contributed by atoms with van der Waals surface area (Å²) in [6.45, 7) is 4.09. The lowest BCUT2D eigenvalue weighted by molar-refractivity contribution is 0.101. The molecule has 0 fully saturated rings. The molecule has 0 aliphatic rings. The quantitative estimate of drug-likeness (QED) is 0.770. The van der Waals surface area contributed by atoms with Crippen LogP contribution < -0.4 is 0 Å². The Bertz CT molecular complexity index is 567. The van der Waals surface area contributed by atoms with E-state index in [1.807, 2.05) is 49.4 Å². The highest BCUT2D eigenvalue weighted by atomic mass is 16.1. The van der Waals surface area contributed by atoms with Crippen LogP contribution in [-0.4, -0.2) is 15.6 Å². The van der Waals surface area contributed by atoms with Crippen molar-refractivity contribution in [2.24, 2.45) is 0 Å². The summed E-state index contributed by atoms with van der Waals surface area (Å²) in [7, 11) is 0. The van der Waals surface area contributed by atoms with Gasteiger partial charge in [-0.3, -0.25) is 9.48 Å². The van der Waals surface area contributed by atoms with Gasteiger partial charge in [-0.25, -0.2) is 0 Å². The molecule has 0 unspecified atom stereocenters. The zero-order chi connectivity index (χ0) is 13.0. The Morgan fingerprint density at radius 2 is 2.06 bits per heavy atom. The average Bonchev–Trinajstić information content (AvgIpc) is 2.72. The van der Waals surface area contributed by atoms with Gasteiger partial charge in [-0.15, -0.1) is 0 Å². The van der Waals surface area contributed by atoms with E-state index < -0.39 is 0 Å². The second kappa shape index (κ2) is 5.45. The molecule has 1 aromatic heterocycles. The number of aromatic nitrogens is 2. The lowest BCUT2D eigenvalue weighted by Crippen LogP contribution is -1.95. The predicted molar refractivity (Wildman–Crippen MR) is 72.4 cm³/mol. The van der Waals surface area contributed by atoms with Crippen LogP contribution in [0.2, 0.25) is 0 Å². The first-order valence-corrected chi connectivity index (χ1v) is 5.93. The van der Waals surface area contributed by atoms with Gasteiger partial charge in [-0.05, 0) is 19.4 Å². The lowest BCUT2D eigenvalue weighted by Gasteiger charge is -1.95. The Labute approximate surface area is 107 Å². The summed E-state index contributed by atoms with van der Waals surface area (Å²) in [6.07, 6.45) is 5.88. The molecule has 0 atom stereocenters. The van der Waals surface area contributed by atoms with Crippen molar-refractivity contribution >= 4 is 11.9 Å². The molecule has 3 heteroatoms. The summed E-state index contributed by atoms with van der Waals surface area (Å²) >= 11 is 0. The molecule has 0 saturated heterocycles. The van der Waals surface area contributed by atoms with Crippen molar-refractivity contribution < 1.29 is 4.79 Å². The Hall–Kier alpha value is -2.16. The van der Waals surface area contributed by atoms with Gasteiger partial charge in [0, 0.05) is 6.20 Å². The number of carbonyl (C=O) groups is 1. The van der Waals surface area contributed by atoms with Crippen LogP contribution in [0.1, 0.15) is 28.5 Å². The van der Waals surface area contributed by atoms with E-state index in [1.165, 1.54) is 0 Å². The normalized spacial score (nSPS) is 11.0. The molecular formula is C15H16N2O. The highest BCUT2D eigenvalue weighted by Crippen LogP contribution is 2.07. The van der Waals surface area contributed by atoms with Gasteiger partial charge in [-0.2, -0.15) is 5.10 Å². The molecule has 0 bridgehead atoms. The number of allylic oxidation sites excluding steroid dienone is 1. The van der Waals surface area contributed by atoms with Crippen LogP contribution in [0.25, 0.3) is 6.08 Å². The standard InChI is InChI=1S/C15H16N2O/c1-12-15(13(2)18)11-17(16-12)10-6-9-14-7-4-3-5-8-14/h3-9,11H,10H2,1-2H3/b9-6+. The lowest BCUT2D eigenvalue weighted by atomic mass is 10.2. The van der Waals surface area contributed by atoms with E-state index in [0.717, 1.165) is 11.3 Å². The molecule has 0 aliphatic carbocycles. The second-order valence-electron chi connectivity index (χ2n) is 4.22. The van der Waals surface area contributed by atoms with Gasteiger partial charge < -0.3 is 0 Å². The van der Waals surface area contributed by atoms with Gasteiger partial charge in [0.1, 0.15) is 0 Å². The fourth-order valence-corrected chi connectivity index (χ4v) is 1.82. The zero-order valence-electron chi connectivity index (χ0n) is 10.6. The van der Waals surface area contributed by atoms with Crippen molar-refractivity contribution in [1.82, 2.24) is 9.78 Å². The zero-order valence-corrected chi connectivity index (χ0v) is 10.6. The van der Waals surface area contributed by atoms with E-state index in [9.17, 15) is 4.79 Å². The number of carbonyl (C=O) groups excluding carboxylic acids is 1. The van der Waals surface area contributed by atoms with Crippen molar-refractivity contribution in [2.75, 3.05) is 0 Å². The molecule has 0 radical (unpaired) electrons. The van der Waals surface area contributed by atoms with E-state index in [-0.39, 0.29) is 5.78 Å². The predicted octanol–water partition coefficient (Wildman–Crippen LogP) is 3.11. The molecule has 0 N–H and O–H groups in total. The van der Waals surface area contributed by atoms with Gasteiger partial charge in [0.25, 0.3) is 0 Å². The number of hydrogen-bond donors (Lipinski definition) is 0. The monoisotopic (exact) mass is 240 g/mol. The number of rotatable bonds is 4. The summed E-state index contributed by atoms with van der Waals surface area (Å²) in [6, 6.07) is 10.1. The van der Waals surface area contributed by atoms with Crippen molar-refractivity contribution in [2.45, 2.75) is 20.4 Å². The number of ketones is 1. The summed E-state index contributed by atoms with van der Waals surface area (Å²) in [4.78, 5) is 11.3. The van der Waals surface area contributed by atoms with Crippen LogP contribution in [0.15, 0.2) is 42.6 Å². The van der Waals surface area contributed by atoms with Crippen LogP contribution in [0.3, 0.4) is 0 Å². The number of benzene rings is 1. The van der Waals surface area contributed by atoms with E-state index in [4.69, 9.17) is 0 Å². The third-order valence-electron chi connectivity index (χ3n) is 2.73. The molecule has 2 rings (SSSR count). The van der Waals surface area contributed by atoms with Crippen LogP contribution in [0, 0.1) is 6.92 Å². The maximum absolute atomic E-state index is 11.3. The molecule has 1 heterocycles. The maximum atomic E-state index is 11.3. The molecule has 0 aliphatic heterocycles. The molecule has 1 aromatic carbocycles. The van der Waals surface area contributed by atoms with E-state index >= 15 is 0 Å². The molecule has 0 spiro atoms. The number of nitrogens with zero attached hydrogens (tertiary/aromatic N) is 2. The molecule has 92 valence electrons. The topological polar surface area (TPSA) is 34.9 Å². The molecule has 18 heavy (non-hydrogen) atoms. The van der Waals surface area contributed by atoms with Gasteiger partial charge >= 0.3 is 0 Å². The van der Waals surface area contributed by atoms with Gasteiger partial charge in [0.2, 0.25) is 0 Å². The third kappa shape index (κ3) is 2.94. The molecule has 2 aromatic rings. The fraction of sp³-hybridized carbons (Fsp3) is 0.200. The largest absolute Gasteiger partial charge is 0.294 e. The first-order chi connectivity index (χ1) is 8.66. The van der Waals surface area contributed by atoms with Crippen molar-refractivity contribution in [3.63, 3.8) is 0 Å². The van der Waals surface area contributed by atoms with Gasteiger partial charge in [0.15, 0.2) is 5.78 Å². The Morgan fingerprint density at radius 1 is 1.33 bits per heavy atom. The van der Waals surface area contributed by atoms with Gasteiger partial charge in [0.05, 0.1) is 17.8 Å².